The molecular weight excluding hydrogens is 275 g/mol. The molecule has 0 saturated heterocycles. The van der Waals surface area contributed by atoms with E-state index in [1.54, 1.807) is 13.8 Å². The summed E-state index contributed by atoms with van der Waals surface area (Å²) in [6, 6.07) is 2.97. The minimum absolute atomic E-state index is 0.0793. The Morgan fingerprint density at radius 3 is 2.44 bits per heavy atom. The molecule has 5 nitrogen and oxygen atoms in total. The molecule has 0 aromatic carbocycles. The molecule has 0 radical (unpaired) electrons. The van der Waals surface area contributed by atoms with E-state index in [1.807, 2.05) is 6.26 Å². The van der Waals surface area contributed by atoms with E-state index in [0.29, 0.717) is 5.75 Å². The van der Waals surface area contributed by atoms with Crippen LogP contribution in [0.4, 0.5) is 0 Å². The average Bonchev–Trinajstić information content (AvgIpc) is 2.80. The number of hydrogen-bond acceptors (Lipinski definition) is 6. The van der Waals surface area contributed by atoms with Crippen LogP contribution in [0.3, 0.4) is 0 Å². The number of hydrogen-bond donors (Lipinski definition) is 0. The molecule has 0 unspecified atom stereocenters. The zero-order valence-electron chi connectivity index (χ0n) is 10.7. The van der Waals surface area contributed by atoms with Crippen molar-refractivity contribution in [3.8, 4) is 0 Å². The highest BCUT2D eigenvalue weighted by atomic mass is 32.2. The Kier molecular flexibility index (Phi) is 6.15. The van der Waals surface area contributed by atoms with Crippen LogP contribution < -0.4 is 5.50 Å². The van der Waals surface area contributed by atoms with Gasteiger partial charge in [0.1, 0.15) is 0 Å². The van der Waals surface area contributed by atoms with Gasteiger partial charge in [-0.25, -0.2) is 0 Å². The number of carbonyl (C=O) groups excluding carboxylic acids is 1. The van der Waals surface area contributed by atoms with Crippen LogP contribution in [-0.2, 0) is 13.6 Å². The van der Waals surface area contributed by atoms with Gasteiger partial charge in [0.25, 0.3) is 0 Å². The summed E-state index contributed by atoms with van der Waals surface area (Å²) in [6.45, 7) is 3.92. The molecule has 7 heteroatoms. The Balaban J connectivity index is 2.94. The van der Waals surface area contributed by atoms with Gasteiger partial charge < -0.3 is 13.5 Å². The molecule has 1 aromatic rings. The molecule has 0 fully saturated rings. The van der Waals surface area contributed by atoms with Gasteiger partial charge in [-0.2, -0.15) is 11.8 Å². The molecule has 18 heavy (non-hydrogen) atoms. The van der Waals surface area contributed by atoms with Gasteiger partial charge in [0.15, 0.2) is 5.76 Å². The minimum Gasteiger partial charge on any atom is -0.445 e. The second-order valence-corrected chi connectivity index (χ2v) is 6.15. The predicted octanol–water partition coefficient (Wildman–Crippen LogP) is 2.72. The van der Waals surface area contributed by atoms with E-state index in [4.69, 9.17) is 13.5 Å². The third-order valence-corrected chi connectivity index (χ3v) is 4.54. The van der Waals surface area contributed by atoms with Crippen molar-refractivity contribution in [3.05, 3.63) is 17.9 Å². The van der Waals surface area contributed by atoms with Gasteiger partial charge in [-0.05, 0) is 32.2 Å². The molecule has 0 aliphatic carbocycles. The van der Waals surface area contributed by atoms with E-state index >= 15 is 0 Å². The van der Waals surface area contributed by atoms with Crippen LogP contribution >= 0.6 is 19.4 Å². The summed E-state index contributed by atoms with van der Waals surface area (Å²) in [5.74, 6) is 0.354. The van der Waals surface area contributed by atoms with Crippen LogP contribution in [0.25, 0.3) is 0 Å². The molecule has 0 amide bonds. The number of thioether (sulfide) groups is 1. The Hall–Kier alpha value is -0.550. The number of Topliss-reactive ketones (excluding diaryl/α,β-unsaturated/α-hetero) is 1. The van der Waals surface area contributed by atoms with Crippen molar-refractivity contribution in [1.82, 2.24) is 0 Å². The van der Waals surface area contributed by atoms with E-state index in [-0.39, 0.29) is 30.3 Å². The highest BCUT2D eigenvalue weighted by Gasteiger charge is 2.31. The Labute approximate surface area is 111 Å². The summed E-state index contributed by atoms with van der Waals surface area (Å²) in [6.07, 6.45) is 1.83. The van der Waals surface area contributed by atoms with Crippen LogP contribution in [0.1, 0.15) is 24.4 Å². The number of rotatable bonds is 8. The van der Waals surface area contributed by atoms with Crippen LogP contribution in [0.5, 0.6) is 0 Å². The highest BCUT2D eigenvalue weighted by Crippen LogP contribution is 2.47. The molecule has 1 aromatic heterocycles. The largest absolute Gasteiger partial charge is 0.445 e. The lowest BCUT2D eigenvalue weighted by Crippen LogP contribution is -2.09. The molecule has 0 atom stereocenters. The first-order chi connectivity index (χ1) is 8.57. The van der Waals surface area contributed by atoms with E-state index < -0.39 is 7.60 Å². The fraction of sp³-hybridized carbons (Fsp3) is 0.545. The molecule has 1 heterocycles. The smallest absolute Gasteiger partial charge is 0.396 e. The van der Waals surface area contributed by atoms with E-state index in [9.17, 15) is 9.36 Å². The summed E-state index contributed by atoms with van der Waals surface area (Å²) in [7, 11) is -3.44. The first-order valence-electron chi connectivity index (χ1n) is 5.59. The predicted molar refractivity (Wildman–Crippen MR) is 71.9 cm³/mol. The zero-order valence-corrected chi connectivity index (χ0v) is 12.4. The number of carbonyl (C=O) groups is 1. The molecule has 0 aliphatic heterocycles. The van der Waals surface area contributed by atoms with Crippen molar-refractivity contribution in [2.75, 3.05) is 25.2 Å². The van der Waals surface area contributed by atoms with E-state index in [1.165, 1.54) is 23.9 Å². The summed E-state index contributed by atoms with van der Waals surface area (Å²) < 4.78 is 27.9. The Bertz CT molecular complexity index is 432. The van der Waals surface area contributed by atoms with E-state index in [0.717, 1.165) is 0 Å². The first kappa shape index (κ1) is 15.5. The summed E-state index contributed by atoms with van der Waals surface area (Å²) in [4.78, 5) is 11.6. The van der Waals surface area contributed by atoms with Gasteiger partial charge in [0.2, 0.25) is 11.3 Å². The normalized spacial score (nSPS) is 11.7. The minimum atomic E-state index is -3.44. The quantitative estimate of drug-likeness (QED) is 0.542. The van der Waals surface area contributed by atoms with Crippen LogP contribution in [-0.4, -0.2) is 31.0 Å². The fourth-order valence-corrected chi connectivity index (χ4v) is 3.21. The lowest BCUT2D eigenvalue weighted by atomic mass is 10.3. The third kappa shape index (κ3) is 3.72. The molecule has 102 valence electrons. The van der Waals surface area contributed by atoms with Gasteiger partial charge in [0, 0.05) is 0 Å². The summed E-state index contributed by atoms with van der Waals surface area (Å²) in [5, 5.41) is 0. The fourth-order valence-electron chi connectivity index (χ4n) is 1.33. The topological polar surface area (TPSA) is 65.7 Å². The van der Waals surface area contributed by atoms with Crippen LogP contribution in [0.2, 0.25) is 0 Å². The SMILES string of the molecule is CCOP(=O)(OCC)c1ccc(C(=O)CSC)o1. The third-order valence-electron chi connectivity index (χ3n) is 2.01. The number of furan rings is 1. The number of ketones is 1. The van der Waals surface area contributed by atoms with Gasteiger partial charge >= 0.3 is 7.60 Å². The highest BCUT2D eigenvalue weighted by molar-refractivity contribution is 7.99. The Morgan fingerprint density at radius 1 is 1.33 bits per heavy atom. The van der Waals surface area contributed by atoms with Crippen molar-refractivity contribution < 1.29 is 22.8 Å². The second kappa shape index (κ2) is 7.14. The van der Waals surface area contributed by atoms with E-state index in [2.05, 4.69) is 0 Å². The maximum atomic E-state index is 12.4. The van der Waals surface area contributed by atoms with Crippen molar-refractivity contribution in [1.29, 1.82) is 0 Å². The summed E-state index contributed by atoms with van der Waals surface area (Å²) >= 11 is 1.40. The Morgan fingerprint density at radius 2 is 1.94 bits per heavy atom. The van der Waals surface area contributed by atoms with Gasteiger partial charge in [0.05, 0.1) is 19.0 Å². The molecule has 0 saturated carbocycles. The van der Waals surface area contributed by atoms with Crippen molar-refractivity contribution in [3.63, 3.8) is 0 Å². The zero-order chi connectivity index (χ0) is 13.6. The molecule has 0 N–H and O–H groups in total. The van der Waals surface area contributed by atoms with Gasteiger partial charge in [-0.3, -0.25) is 9.36 Å². The molecular formula is C11H17O5PS. The molecule has 1 rings (SSSR count). The van der Waals surface area contributed by atoms with Crippen LogP contribution in [0, 0.1) is 0 Å². The standard InChI is InChI=1S/C11H17O5PS/c1-4-14-17(13,15-5-2)11-7-6-10(16-11)9(12)8-18-3/h6-7H,4-5,8H2,1-3H3. The molecule has 0 spiro atoms. The lowest BCUT2D eigenvalue weighted by molar-refractivity contribution is 0.0993. The van der Waals surface area contributed by atoms with Gasteiger partial charge in [-0.15, -0.1) is 0 Å². The average molecular weight is 292 g/mol. The monoisotopic (exact) mass is 292 g/mol. The molecule has 0 aliphatic rings. The van der Waals surface area contributed by atoms with Crippen molar-refractivity contribution in [2.45, 2.75) is 13.8 Å². The molecule has 0 bridgehead atoms. The lowest BCUT2D eigenvalue weighted by Gasteiger charge is -2.13. The summed E-state index contributed by atoms with van der Waals surface area (Å²) in [5.41, 5.74) is 0.0793. The van der Waals surface area contributed by atoms with Crippen LogP contribution in [0.15, 0.2) is 16.5 Å². The maximum Gasteiger partial charge on any atom is 0.396 e. The first-order valence-corrected chi connectivity index (χ1v) is 8.52. The van der Waals surface area contributed by atoms with Crippen molar-refractivity contribution in [2.24, 2.45) is 0 Å². The van der Waals surface area contributed by atoms with Gasteiger partial charge in [-0.1, -0.05) is 0 Å². The maximum absolute atomic E-state index is 12.4. The van der Waals surface area contributed by atoms with Crippen molar-refractivity contribution >= 4 is 30.6 Å². The second-order valence-electron chi connectivity index (χ2n) is 3.33.